The van der Waals surface area contributed by atoms with Gasteiger partial charge in [0.1, 0.15) is 0 Å². The van der Waals surface area contributed by atoms with Gasteiger partial charge in [-0.25, -0.2) is 0 Å². The summed E-state index contributed by atoms with van der Waals surface area (Å²) in [5.41, 5.74) is 0. The molecule has 0 spiro atoms. The van der Waals surface area contributed by atoms with Crippen LogP contribution in [-0.4, -0.2) is 26.6 Å². The number of hydrogen-bond donors (Lipinski definition) is 0. The van der Waals surface area contributed by atoms with E-state index in [4.69, 9.17) is 0 Å². The average Bonchev–Trinajstić information content (AvgIpc) is 1.77. The van der Waals surface area contributed by atoms with Crippen LogP contribution in [0.5, 0.6) is 0 Å². The van der Waals surface area contributed by atoms with Crippen molar-refractivity contribution in [2.45, 2.75) is 0 Å². The fourth-order valence-electron chi connectivity index (χ4n) is 0.470. The Kier molecular flexibility index (Phi) is 2.08. The Bertz CT molecular complexity index is 116. The molecule has 0 radical (unpaired) electrons. The molecule has 1 heterocycles. The van der Waals surface area contributed by atoms with Gasteiger partial charge in [0.25, 0.3) is 0 Å². The van der Waals surface area contributed by atoms with Gasteiger partial charge in [-0.15, -0.1) is 0 Å². The van der Waals surface area contributed by atoms with Gasteiger partial charge in [-0.05, 0) is 0 Å². The predicted molar refractivity (Wildman–Crippen MR) is 35.3 cm³/mol. The Labute approximate surface area is 54.5 Å². The van der Waals surface area contributed by atoms with Gasteiger partial charge in [-0.1, -0.05) is 0 Å². The van der Waals surface area contributed by atoms with Gasteiger partial charge < -0.3 is 0 Å². The van der Waals surface area contributed by atoms with Crippen molar-refractivity contribution in [2.75, 3.05) is 17.3 Å². The van der Waals surface area contributed by atoms with Crippen LogP contribution in [0.3, 0.4) is 0 Å². The molecule has 46 valence electrons. The van der Waals surface area contributed by atoms with E-state index in [0.717, 1.165) is 5.75 Å². The van der Waals surface area contributed by atoms with Crippen LogP contribution in [0.15, 0.2) is 0 Å². The van der Waals surface area contributed by atoms with Crippen LogP contribution >= 0.6 is 11.8 Å². The second kappa shape index (κ2) is 2.64. The molecule has 0 aliphatic carbocycles. The molecule has 1 saturated heterocycles. The predicted octanol–water partition coefficient (Wildman–Crippen LogP) is 0.00850. The van der Waals surface area contributed by atoms with Gasteiger partial charge in [0.2, 0.25) is 5.12 Å². The molecule has 1 fully saturated rings. The minimum atomic E-state index is -1.14. The van der Waals surface area contributed by atoms with Crippen LogP contribution in [0.25, 0.3) is 0 Å². The lowest BCUT2D eigenvalue weighted by atomic mass is 10.9. The normalized spacial score (nSPS) is 30.5. The van der Waals surface area contributed by atoms with Crippen LogP contribution in [0.1, 0.15) is 0 Å². The van der Waals surface area contributed by atoms with E-state index in [1.165, 1.54) is 0 Å². The third-order valence-corrected chi connectivity index (χ3v) is 3.51. The van der Waals surface area contributed by atoms with E-state index in [1.54, 1.807) is 11.8 Å². The summed E-state index contributed by atoms with van der Waals surface area (Å²) in [7, 11) is -1.14. The van der Waals surface area contributed by atoms with Crippen molar-refractivity contribution in [1.29, 1.82) is 0 Å². The summed E-state index contributed by atoms with van der Waals surface area (Å²) in [5.74, 6) is 1.88. The van der Waals surface area contributed by atoms with Crippen LogP contribution in [0.2, 0.25) is 0 Å². The Morgan fingerprint density at radius 1 is 1.62 bits per heavy atom. The van der Waals surface area contributed by atoms with Gasteiger partial charge in [0.05, 0.1) is 16.6 Å². The molecule has 0 saturated carbocycles. The highest BCUT2D eigenvalue weighted by Crippen LogP contribution is 2.08. The van der Waals surface area contributed by atoms with E-state index in [2.05, 4.69) is 0 Å². The fraction of sp³-hybridized carbons (Fsp3) is 0.750. The minimum Gasteiger partial charge on any atom is -0.284 e. The van der Waals surface area contributed by atoms with Crippen LogP contribution in [0.4, 0.5) is 0 Å². The number of hydrogen-bond acceptors (Lipinski definition) is 3. The molecule has 1 aliphatic heterocycles. The van der Waals surface area contributed by atoms with Crippen molar-refractivity contribution in [1.82, 2.24) is 0 Å². The first-order valence-corrected chi connectivity index (χ1v) is 4.77. The summed E-state index contributed by atoms with van der Waals surface area (Å²) in [6.45, 7) is 0. The minimum absolute atomic E-state index is 0.0961. The van der Waals surface area contributed by atoms with Gasteiger partial charge >= 0.3 is 0 Å². The van der Waals surface area contributed by atoms with Crippen molar-refractivity contribution in [3.8, 4) is 0 Å². The second-order valence-electron chi connectivity index (χ2n) is 1.47. The highest BCUT2D eigenvalue weighted by molar-refractivity contribution is 8.09. The number of carbonyl (C=O) groups excluding carboxylic acids is 1. The Morgan fingerprint density at radius 3 is 2.75 bits per heavy atom. The molecule has 0 bridgehead atoms. The highest BCUT2D eigenvalue weighted by atomic mass is 32.2. The Hall–Kier alpha value is 0.170. The monoisotopic (exact) mass is 150 g/mol. The molecule has 1 unspecified atom stereocenters. The zero-order chi connectivity index (χ0) is 5.98. The molecular formula is C4H6O2S2. The topological polar surface area (TPSA) is 34.1 Å². The summed E-state index contributed by atoms with van der Waals surface area (Å²) >= 11 is 1.56. The molecular weight excluding hydrogens is 144 g/mol. The molecule has 1 aliphatic rings. The molecule has 0 aromatic carbocycles. The zero-order valence-corrected chi connectivity index (χ0v) is 5.89. The van der Waals surface area contributed by atoms with E-state index in [9.17, 15) is 9.00 Å². The Balaban J connectivity index is 2.52. The van der Waals surface area contributed by atoms with Crippen molar-refractivity contribution < 1.29 is 9.00 Å². The summed E-state index contributed by atoms with van der Waals surface area (Å²) in [4.78, 5) is 10.5. The van der Waals surface area contributed by atoms with Gasteiger partial charge in [-0.2, -0.15) is 11.8 Å². The molecule has 0 aromatic heterocycles. The van der Waals surface area contributed by atoms with Crippen molar-refractivity contribution in [3.05, 3.63) is 0 Å². The van der Waals surface area contributed by atoms with E-state index >= 15 is 0 Å². The van der Waals surface area contributed by atoms with Crippen LogP contribution in [-0.2, 0) is 15.6 Å². The first kappa shape index (κ1) is 6.29. The van der Waals surface area contributed by atoms with E-state index in [-0.39, 0.29) is 5.12 Å². The molecule has 0 N–H and O–H groups in total. The standard InChI is InChI=1S/C4H6O2S2/c5-4-3-7-1-2-8(4)6/h1-3H2. The summed E-state index contributed by atoms with van der Waals surface area (Å²) in [5, 5.41) is -0.0961. The SMILES string of the molecule is O=C1CSCCS1=O. The quantitative estimate of drug-likeness (QED) is 0.488. The number of carbonyl (C=O) groups is 1. The maximum absolute atomic E-state index is 10.5. The van der Waals surface area contributed by atoms with Crippen LogP contribution < -0.4 is 0 Å². The lowest BCUT2D eigenvalue weighted by Crippen LogP contribution is -2.20. The highest BCUT2D eigenvalue weighted by Gasteiger charge is 2.15. The second-order valence-corrected chi connectivity index (χ2v) is 4.13. The number of thioether (sulfide) groups is 1. The molecule has 8 heavy (non-hydrogen) atoms. The largest absolute Gasteiger partial charge is 0.284 e. The smallest absolute Gasteiger partial charge is 0.228 e. The average molecular weight is 150 g/mol. The fourth-order valence-corrected chi connectivity index (χ4v) is 2.86. The molecule has 0 amide bonds. The first-order chi connectivity index (χ1) is 3.80. The molecule has 0 aromatic rings. The zero-order valence-electron chi connectivity index (χ0n) is 4.25. The molecule has 4 heteroatoms. The van der Waals surface area contributed by atoms with Crippen molar-refractivity contribution in [2.24, 2.45) is 0 Å². The van der Waals surface area contributed by atoms with Gasteiger partial charge in [-0.3, -0.25) is 9.00 Å². The van der Waals surface area contributed by atoms with Gasteiger partial charge in [0, 0.05) is 11.5 Å². The molecule has 1 rings (SSSR count). The van der Waals surface area contributed by atoms with E-state index < -0.39 is 10.8 Å². The van der Waals surface area contributed by atoms with Crippen molar-refractivity contribution in [3.63, 3.8) is 0 Å². The number of rotatable bonds is 0. The maximum Gasteiger partial charge on any atom is 0.228 e. The Morgan fingerprint density at radius 2 is 2.38 bits per heavy atom. The van der Waals surface area contributed by atoms with Crippen LogP contribution in [0, 0.1) is 0 Å². The molecule has 2 nitrogen and oxygen atoms in total. The van der Waals surface area contributed by atoms with E-state index in [0.29, 0.717) is 11.5 Å². The third kappa shape index (κ3) is 1.32. The summed E-state index contributed by atoms with van der Waals surface area (Å²) in [6, 6.07) is 0. The first-order valence-electron chi connectivity index (χ1n) is 2.29. The maximum atomic E-state index is 10.5. The molecule has 1 atom stereocenters. The van der Waals surface area contributed by atoms with E-state index in [1.807, 2.05) is 0 Å². The summed E-state index contributed by atoms with van der Waals surface area (Å²) < 4.78 is 10.5. The van der Waals surface area contributed by atoms with Gasteiger partial charge in [0.15, 0.2) is 0 Å². The lowest BCUT2D eigenvalue weighted by molar-refractivity contribution is -0.109. The lowest BCUT2D eigenvalue weighted by Gasteiger charge is -2.05. The summed E-state index contributed by atoms with van der Waals surface area (Å²) in [6.07, 6.45) is 0. The third-order valence-electron chi connectivity index (χ3n) is 0.887. The van der Waals surface area contributed by atoms with Crippen molar-refractivity contribution >= 4 is 27.7 Å².